The average molecular weight is 368 g/mol. The Morgan fingerprint density at radius 2 is 1.59 bits per heavy atom. The summed E-state index contributed by atoms with van der Waals surface area (Å²) in [6.07, 6.45) is 0.356. The Labute approximate surface area is 160 Å². The maximum atomic E-state index is 13.5. The second kappa shape index (κ2) is 8.21. The van der Waals surface area contributed by atoms with E-state index in [4.69, 9.17) is 5.11 Å². The number of hydrogen-bond acceptors (Lipinski definition) is 4. The zero-order chi connectivity index (χ0) is 19.4. The summed E-state index contributed by atoms with van der Waals surface area (Å²) >= 11 is 0. The van der Waals surface area contributed by atoms with E-state index >= 15 is 0 Å². The normalized spacial score (nSPS) is 16.2. The monoisotopic (exact) mass is 368 g/mol. The van der Waals surface area contributed by atoms with Crippen molar-refractivity contribution in [3.05, 3.63) is 71.3 Å². The van der Waals surface area contributed by atoms with Crippen LogP contribution in [0.3, 0.4) is 0 Å². The Bertz CT molecular complexity index is 753. The summed E-state index contributed by atoms with van der Waals surface area (Å²) in [5, 5.41) is 18.9. The molecule has 144 valence electrons. The Hall–Kier alpha value is -2.21. The number of nitrogens with zero attached hydrogens (tertiary/aromatic N) is 2. The van der Waals surface area contributed by atoms with Gasteiger partial charge in [-0.2, -0.15) is 0 Å². The number of carbonyl (C=O) groups excluding carboxylic acids is 1. The van der Waals surface area contributed by atoms with E-state index < -0.39 is 11.6 Å². The molecule has 27 heavy (non-hydrogen) atoms. The molecule has 1 atom stereocenters. The molecule has 1 aliphatic carbocycles. The van der Waals surface area contributed by atoms with Crippen molar-refractivity contribution in [3.63, 3.8) is 0 Å². The van der Waals surface area contributed by atoms with Gasteiger partial charge in [0.2, 0.25) is 5.91 Å². The number of hydrogen-bond donors (Lipinski definition) is 2. The molecule has 1 amide bonds. The topological polar surface area (TPSA) is 64.0 Å². The molecule has 0 saturated heterocycles. The molecule has 0 radical (unpaired) electrons. The number of aliphatic hydroxyl groups excluding tert-OH is 2. The third-order valence-corrected chi connectivity index (χ3v) is 5.52. The molecule has 2 aromatic rings. The highest BCUT2D eigenvalue weighted by molar-refractivity contribution is 5.88. The Balaban J connectivity index is 1.89. The smallest absolute Gasteiger partial charge is 0.243 e. The lowest BCUT2D eigenvalue weighted by Gasteiger charge is -2.40. The van der Waals surface area contributed by atoms with E-state index in [1.165, 1.54) is 11.1 Å². The second-order valence-corrected chi connectivity index (χ2v) is 7.52. The fourth-order valence-electron chi connectivity index (χ4n) is 4.00. The van der Waals surface area contributed by atoms with Crippen LogP contribution < -0.4 is 0 Å². The number of benzene rings is 2. The minimum absolute atomic E-state index is 0.0235. The molecule has 3 rings (SSSR count). The number of amides is 1. The molecule has 5 nitrogen and oxygen atoms in total. The Kier molecular flexibility index (Phi) is 5.95. The third-order valence-electron chi connectivity index (χ3n) is 5.52. The first-order chi connectivity index (χ1) is 13.0. The number of rotatable bonds is 7. The summed E-state index contributed by atoms with van der Waals surface area (Å²) in [6.45, 7) is 0.425. The van der Waals surface area contributed by atoms with Crippen molar-refractivity contribution in [3.8, 4) is 0 Å². The molecular formula is C22H28N2O3. The van der Waals surface area contributed by atoms with Crippen LogP contribution in [0.15, 0.2) is 54.6 Å². The first kappa shape index (κ1) is 19.5. The quantitative estimate of drug-likeness (QED) is 0.777. The molecule has 0 aromatic heterocycles. The molecule has 0 spiro atoms. The van der Waals surface area contributed by atoms with Crippen LogP contribution in [-0.2, 0) is 24.2 Å². The van der Waals surface area contributed by atoms with Crippen molar-refractivity contribution in [2.75, 3.05) is 27.2 Å². The number of carbonyl (C=O) groups is 1. The average Bonchev–Trinajstić information content (AvgIpc) is 3.08. The van der Waals surface area contributed by atoms with E-state index in [0.717, 1.165) is 5.56 Å². The van der Waals surface area contributed by atoms with Gasteiger partial charge in [-0.05, 0) is 23.7 Å². The summed E-state index contributed by atoms with van der Waals surface area (Å²) in [5.41, 5.74) is 2.86. The summed E-state index contributed by atoms with van der Waals surface area (Å²) in [4.78, 5) is 17.2. The van der Waals surface area contributed by atoms with Gasteiger partial charge >= 0.3 is 0 Å². The maximum absolute atomic E-state index is 13.5. The zero-order valence-corrected chi connectivity index (χ0v) is 16.0. The van der Waals surface area contributed by atoms with Crippen LogP contribution >= 0.6 is 0 Å². The predicted molar refractivity (Wildman–Crippen MR) is 105 cm³/mol. The van der Waals surface area contributed by atoms with E-state index in [2.05, 4.69) is 29.2 Å². The van der Waals surface area contributed by atoms with Crippen LogP contribution in [0, 0.1) is 0 Å². The van der Waals surface area contributed by atoms with E-state index in [0.29, 0.717) is 19.4 Å². The van der Waals surface area contributed by atoms with Crippen molar-refractivity contribution in [1.82, 2.24) is 9.80 Å². The lowest BCUT2D eigenvalue weighted by molar-refractivity contribution is -0.144. The minimum Gasteiger partial charge on any atom is -0.394 e. The molecule has 0 aliphatic heterocycles. The van der Waals surface area contributed by atoms with Crippen molar-refractivity contribution >= 4 is 5.91 Å². The second-order valence-electron chi connectivity index (χ2n) is 7.52. The van der Waals surface area contributed by atoms with Crippen LogP contribution in [0.25, 0.3) is 0 Å². The van der Waals surface area contributed by atoms with E-state index in [-0.39, 0.29) is 19.1 Å². The van der Waals surface area contributed by atoms with E-state index in [1.807, 2.05) is 37.4 Å². The number of fused-ring (bicyclic) bond motifs is 1. The minimum atomic E-state index is -0.931. The van der Waals surface area contributed by atoms with Gasteiger partial charge in [-0.1, -0.05) is 54.6 Å². The van der Waals surface area contributed by atoms with Gasteiger partial charge in [0.25, 0.3) is 0 Å². The van der Waals surface area contributed by atoms with Crippen molar-refractivity contribution in [1.29, 1.82) is 0 Å². The Morgan fingerprint density at radius 1 is 1.04 bits per heavy atom. The summed E-state index contributed by atoms with van der Waals surface area (Å²) in [7, 11) is 3.69. The molecule has 0 unspecified atom stereocenters. The van der Waals surface area contributed by atoms with Crippen molar-refractivity contribution in [2.45, 2.75) is 31.0 Å². The van der Waals surface area contributed by atoms with Gasteiger partial charge in [0, 0.05) is 33.0 Å². The van der Waals surface area contributed by atoms with Crippen LogP contribution in [-0.4, -0.2) is 64.8 Å². The molecule has 5 heteroatoms. The standard InChI is InChI=1S/C22H28N2O3/c1-23(15-20(26)16-25)21(27)22(12-18-10-6-7-11-19(18)13-22)24(2)14-17-8-4-3-5-9-17/h3-11,20,25-26H,12-16H2,1-2H3/t20-/m1/s1. The molecule has 0 fully saturated rings. The van der Waals surface area contributed by atoms with Gasteiger partial charge in [-0.15, -0.1) is 0 Å². The first-order valence-electron chi connectivity index (χ1n) is 9.32. The largest absolute Gasteiger partial charge is 0.394 e. The van der Waals surface area contributed by atoms with Crippen molar-refractivity contribution < 1.29 is 15.0 Å². The fourth-order valence-corrected chi connectivity index (χ4v) is 4.00. The highest BCUT2D eigenvalue weighted by atomic mass is 16.3. The SMILES string of the molecule is CN(C[C@@H](O)CO)C(=O)C1(N(C)Cc2ccccc2)Cc2ccccc2C1. The van der Waals surface area contributed by atoms with Crippen LogP contribution in [0.2, 0.25) is 0 Å². The molecule has 2 N–H and O–H groups in total. The van der Waals surface area contributed by atoms with Gasteiger partial charge in [0.1, 0.15) is 5.54 Å². The first-order valence-corrected chi connectivity index (χ1v) is 9.32. The van der Waals surface area contributed by atoms with E-state index in [1.54, 1.807) is 11.9 Å². The number of likely N-dealkylation sites (N-methyl/N-ethyl adjacent to an activating group) is 2. The van der Waals surface area contributed by atoms with Gasteiger partial charge in [0.15, 0.2) is 0 Å². The third kappa shape index (κ3) is 4.05. The molecule has 2 aromatic carbocycles. The summed E-state index contributed by atoms with van der Waals surface area (Å²) in [5.74, 6) is -0.0235. The number of aliphatic hydroxyl groups is 2. The highest BCUT2D eigenvalue weighted by Gasteiger charge is 2.48. The van der Waals surface area contributed by atoms with Crippen molar-refractivity contribution in [2.24, 2.45) is 0 Å². The molecule has 0 saturated carbocycles. The summed E-state index contributed by atoms with van der Waals surface area (Å²) in [6, 6.07) is 18.3. The summed E-state index contributed by atoms with van der Waals surface area (Å²) < 4.78 is 0. The van der Waals surface area contributed by atoms with Gasteiger partial charge in [-0.25, -0.2) is 0 Å². The van der Waals surface area contributed by atoms with Crippen LogP contribution in [0.5, 0.6) is 0 Å². The Morgan fingerprint density at radius 3 is 2.15 bits per heavy atom. The molecule has 0 heterocycles. The molecule has 0 bridgehead atoms. The fraction of sp³-hybridized carbons (Fsp3) is 0.409. The maximum Gasteiger partial charge on any atom is 0.243 e. The molecular weight excluding hydrogens is 340 g/mol. The zero-order valence-electron chi connectivity index (χ0n) is 16.0. The lowest BCUT2D eigenvalue weighted by atomic mass is 9.91. The van der Waals surface area contributed by atoms with Gasteiger partial charge in [0.05, 0.1) is 12.7 Å². The molecule has 1 aliphatic rings. The van der Waals surface area contributed by atoms with Gasteiger partial charge in [-0.3, -0.25) is 9.69 Å². The van der Waals surface area contributed by atoms with Crippen LogP contribution in [0.1, 0.15) is 16.7 Å². The van der Waals surface area contributed by atoms with Crippen LogP contribution in [0.4, 0.5) is 0 Å². The highest BCUT2D eigenvalue weighted by Crippen LogP contribution is 2.36. The van der Waals surface area contributed by atoms with Gasteiger partial charge < -0.3 is 15.1 Å². The lowest BCUT2D eigenvalue weighted by Crippen LogP contribution is -2.59. The predicted octanol–water partition coefficient (Wildman–Crippen LogP) is 1.47. The van der Waals surface area contributed by atoms with E-state index in [9.17, 15) is 9.90 Å².